The van der Waals surface area contributed by atoms with Crippen molar-refractivity contribution in [3.8, 4) is 5.75 Å². The van der Waals surface area contributed by atoms with Gasteiger partial charge >= 0.3 is 6.61 Å². The largest absolute Gasteiger partial charge is 0.434 e. The maximum Gasteiger partial charge on any atom is 0.387 e. The highest BCUT2D eigenvalue weighted by Crippen LogP contribution is 2.31. The number of para-hydroxylation sites is 1. The molecule has 1 aromatic rings. The van der Waals surface area contributed by atoms with E-state index in [2.05, 4.69) is 10.1 Å². The maximum absolute atomic E-state index is 12.1. The van der Waals surface area contributed by atoms with E-state index in [0.29, 0.717) is 0 Å². The Balaban J connectivity index is 2.20. The van der Waals surface area contributed by atoms with Crippen LogP contribution in [-0.2, 0) is 0 Å². The zero-order valence-corrected chi connectivity index (χ0v) is 8.25. The predicted octanol–water partition coefficient (Wildman–Crippen LogP) is 2.71. The zero-order chi connectivity index (χ0) is 10.7. The molecule has 0 unspecified atom stereocenters. The molecule has 1 heterocycles. The minimum atomic E-state index is -2.76. The monoisotopic (exact) mass is 213 g/mol. The zero-order valence-electron chi connectivity index (χ0n) is 8.25. The fraction of sp³-hybridized carbons (Fsp3) is 0.455. The Morgan fingerprint density at radius 1 is 1.33 bits per heavy atom. The number of rotatable bonds is 3. The lowest BCUT2D eigenvalue weighted by atomic mass is 10.0. The van der Waals surface area contributed by atoms with Gasteiger partial charge in [0.05, 0.1) is 0 Å². The minimum absolute atomic E-state index is 0.153. The fourth-order valence-corrected chi connectivity index (χ4v) is 1.92. The van der Waals surface area contributed by atoms with Crippen LogP contribution in [0.15, 0.2) is 24.3 Å². The standard InChI is InChI=1S/C11H13F2NO/c12-11(13)15-10-6-2-1-4-8(10)9-5-3-7-14-9/h1-2,4,6,9,11,14H,3,5,7H2/t9-/m1/s1. The topological polar surface area (TPSA) is 21.3 Å². The highest BCUT2D eigenvalue weighted by molar-refractivity contribution is 5.36. The van der Waals surface area contributed by atoms with E-state index in [1.54, 1.807) is 12.1 Å². The molecule has 1 aliphatic heterocycles. The molecule has 1 saturated heterocycles. The number of nitrogens with one attached hydrogen (secondary N) is 1. The second kappa shape index (κ2) is 4.57. The molecule has 0 aromatic heterocycles. The van der Waals surface area contributed by atoms with Gasteiger partial charge in [0, 0.05) is 11.6 Å². The third-order valence-electron chi connectivity index (χ3n) is 2.57. The summed E-state index contributed by atoms with van der Waals surface area (Å²) in [7, 11) is 0. The Morgan fingerprint density at radius 2 is 2.13 bits per heavy atom. The Hall–Kier alpha value is -1.16. The summed E-state index contributed by atoms with van der Waals surface area (Å²) in [5, 5.41) is 3.26. The molecule has 15 heavy (non-hydrogen) atoms. The molecule has 4 heteroatoms. The third-order valence-corrected chi connectivity index (χ3v) is 2.57. The molecular weight excluding hydrogens is 200 g/mol. The first-order valence-electron chi connectivity index (χ1n) is 5.04. The smallest absolute Gasteiger partial charge is 0.387 e. The van der Waals surface area contributed by atoms with Crippen LogP contribution in [0.3, 0.4) is 0 Å². The molecule has 1 aliphatic rings. The first-order chi connectivity index (χ1) is 7.27. The van der Waals surface area contributed by atoms with E-state index in [-0.39, 0.29) is 11.8 Å². The average molecular weight is 213 g/mol. The summed E-state index contributed by atoms with van der Waals surface area (Å²) >= 11 is 0. The molecule has 0 spiro atoms. The summed E-state index contributed by atoms with van der Waals surface area (Å²) in [6.45, 7) is -1.82. The van der Waals surface area contributed by atoms with E-state index < -0.39 is 6.61 Å². The molecule has 2 rings (SSSR count). The Kier molecular flexibility index (Phi) is 3.16. The van der Waals surface area contributed by atoms with Crippen molar-refractivity contribution in [3.05, 3.63) is 29.8 Å². The van der Waals surface area contributed by atoms with Crippen LogP contribution in [-0.4, -0.2) is 13.2 Å². The van der Waals surface area contributed by atoms with Gasteiger partial charge in [-0.15, -0.1) is 0 Å². The van der Waals surface area contributed by atoms with Crippen LogP contribution < -0.4 is 10.1 Å². The highest BCUT2D eigenvalue weighted by Gasteiger charge is 2.20. The summed E-state index contributed by atoms with van der Waals surface area (Å²) < 4.78 is 28.8. The van der Waals surface area contributed by atoms with Gasteiger partial charge in [0.2, 0.25) is 0 Å². The third kappa shape index (κ3) is 2.45. The van der Waals surface area contributed by atoms with Gasteiger partial charge in [-0.3, -0.25) is 0 Å². The van der Waals surface area contributed by atoms with E-state index in [1.165, 1.54) is 0 Å². The highest BCUT2D eigenvalue weighted by atomic mass is 19.3. The molecule has 0 aliphatic carbocycles. The predicted molar refractivity (Wildman–Crippen MR) is 53.1 cm³/mol. The van der Waals surface area contributed by atoms with Crippen molar-refractivity contribution in [2.24, 2.45) is 0 Å². The van der Waals surface area contributed by atoms with Crippen LogP contribution in [0.2, 0.25) is 0 Å². The second-order valence-corrected chi connectivity index (χ2v) is 3.57. The number of alkyl halides is 2. The van der Waals surface area contributed by atoms with Crippen molar-refractivity contribution in [2.75, 3.05) is 6.54 Å². The maximum atomic E-state index is 12.1. The van der Waals surface area contributed by atoms with E-state index >= 15 is 0 Å². The normalized spacial score (nSPS) is 20.9. The van der Waals surface area contributed by atoms with Gasteiger partial charge in [0.25, 0.3) is 0 Å². The average Bonchev–Trinajstić information content (AvgIpc) is 2.70. The molecular formula is C11H13F2NO. The van der Waals surface area contributed by atoms with Crippen molar-refractivity contribution in [2.45, 2.75) is 25.5 Å². The lowest BCUT2D eigenvalue weighted by Crippen LogP contribution is -2.15. The van der Waals surface area contributed by atoms with Crippen LogP contribution in [0, 0.1) is 0 Å². The van der Waals surface area contributed by atoms with Crippen molar-refractivity contribution in [1.29, 1.82) is 0 Å². The summed E-state index contributed by atoms with van der Waals surface area (Å²) in [6, 6.07) is 7.12. The van der Waals surface area contributed by atoms with Gasteiger partial charge in [0.15, 0.2) is 0 Å². The number of halogens is 2. The molecule has 82 valence electrons. The van der Waals surface area contributed by atoms with Crippen molar-refractivity contribution in [1.82, 2.24) is 5.32 Å². The molecule has 1 aromatic carbocycles. The van der Waals surface area contributed by atoms with Crippen molar-refractivity contribution in [3.63, 3.8) is 0 Å². The van der Waals surface area contributed by atoms with Crippen LogP contribution in [0.1, 0.15) is 24.4 Å². The minimum Gasteiger partial charge on any atom is -0.434 e. The van der Waals surface area contributed by atoms with E-state index in [9.17, 15) is 8.78 Å². The van der Waals surface area contributed by atoms with Crippen LogP contribution in [0.4, 0.5) is 8.78 Å². The van der Waals surface area contributed by atoms with Crippen molar-refractivity contribution >= 4 is 0 Å². The summed E-state index contributed by atoms with van der Waals surface area (Å²) in [5.41, 5.74) is 0.829. The Labute approximate surface area is 87.2 Å². The molecule has 1 N–H and O–H groups in total. The van der Waals surface area contributed by atoms with Crippen molar-refractivity contribution < 1.29 is 13.5 Å². The quantitative estimate of drug-likeness (QED) is 0.833. The van der Waals surface area contributed by atoms with Crippen LogP contribution in [0.5, 0.6) is 5.75 Å². The molecule has 1 fully saturated rings. The van der Waals surface area contributed by atoms with Gasteiger partial charge in [-0.05, 0) is 25.5 Å². The van der Waals surface area contributed by atoms with Gasteiger partial charge in [-0.2, -0.15) is 8.78 Å². The molecule has 2 nitrogen and oxygen atoms in total. The Bertz CT molecular complexity index is 324. The lowest BCUT2D eigenvalue weighted by molar-refractivity contribution is -0.0506. The van der Waals surface area contributed by atoms with Gasteiger partial charge in [-0.25, -0.2) is 0 Å². The van der Waals surface area contributed by atoms with Gasteiger partial charge < -0.3 is 10.1 Å². The molecule has 0 saturated carbocycles. The molecule has 0 amide bonds. The fourth-order valence-electron chi connectivity index (χ4n) is 1.92. The molecule has 1 atom stereocenters. The first kappa shape index (κ1) is 10.4. The number of hydrogen-bond acceptors (Lipinski definition) is 2. The van der Waals surface area contributed by atoms with Gasteiger partial charge in [-0.1, -0.05) is 18.2 Å². The van der Waals surface area contributed by atoms with Gasteiger partial charge in [0.1, 0.15) is 5.75 Å². The summed E-state index contributed by atoms with van der Waals surface area (Å²) in [6.07, 6.45) is 2.05. The lowest BCUT2D eigenvalue weighted by Gasteiger charge is -2.15. The number of hydrogen-bond donors (Lipinski definition) is 1. The van der Waals surface area contributed by atoms with Crippen LogP contribution in [0.25, 0.3) is 0 Å². The SMILES string of the molecule is FC(F)Oc1ccccc1[C@H]1CCCN1. The Morgan fingerprint density at radius 3 is 2.80 bits per heavy atom. The van der Waals surface area contributed by atoms with Crippen LogP contribution >= 0.6 is 0 Å². The second-order valence-electron chi connectivity index (χ2n) is 3.57. The van der Waals surface area contributed by atoms with E-state index in [4.69, 9.17) is 0 Å². The number of benzene rings is 1. The van der Waals surface area contributed by atoms with E-state index in [0.717, 1.165) is 24.9 Å². The molecule has 0 radical (unpaired) electrons. The van der Waals surface area contributed by atoms with E-state index in [1.807, 2.05) is 12.1 Å². The summed E-state index contributed by atoms with van der Waals surface area (Å²) in [4.78, 5) is 0. The summed E-state index contributed by atoms with van der Waals surface area (Å²) in [5.74, 6) is 0.284. The number of ether oxygens (including phenoxy) is 1. The molecule has 0 bridgehead atoms. The first-order valence-corrected chi connectivity index (χ1v) is 5.04.